The summed E-state index contributed by atoms with van der Waals surface area (Å²) in [5.41, 5.74) is -0.724. The molecule has 7 heteroatoms. The van der Waals surface area contributed by atoms with Crippen molar-refractivity contribution in [3.05, 3.63) is 35.4 Å². The average Bonchev–Trinajstić information content (AvgIpc) is 2.43. The Labute approximate surface area is 151 Å². The van der Waals surface area contributed by atoms with Gasteiger partial charge in [-0.3, -0.25) is 4.79 Å². The summed E-state index contributed by atoms with van der Waals surface area (Å²) in [5, 5.41) is 9.39. The van der Waals surface area contributed by atoms with Crippen LogP contribution in [0.5, 0.6) is 0 Å². The molecule has 25 heavy (non-hydrogen) atoms. The SMILES string of the molecule is CC(C[C@H](N[S@@+]([O-])C(C)(C)C)c1cc(F)cc(F)c1)C(C)(C)C(=O)O. The maximum Gasteiger partial charge on any atom is 0.309 e. The van der Waals surface area contributed by atoms with Crippen LogP contribution in [0.3, 0.4) is 0 Å². The van der Waals surface area contributed by atoms with Crippen molar-refractivity contribution in [2.75, 3.05) is 0 Å². The van der Waals surface area contributed by atoms with E-state index in [0.717, 1.165) is 6.07 Å². The first kappa shape index (κ1) is 21.9. The van der Waals surface area contributed by atoms with Crippen LogP contribution in [0.2, 0.25) is 0 Å². The maximum atomic E-state index is 13.6. The van der Waals surface area contributed by atoms with Crippen LogP contribution in [0.1, 0.15) is 59.6 Å². The zero-order valence-electron chi connectivity index (χ0n) is 15.5. The molecule has 0 aromatic heterocycles. The lowest BCUT2D eigenvalue weighted by Crippen LogP contribution is -2.43. The van der Waals surface area contributed by atoms with E-state index in [1.54, 1.807) is 41.5 Å². The second-order valence-electron chi connectivity index (χ2n) is 7.92. The highest BCUT2D eigenvalue weighted by Gasteiger charge is 2.37. The Morgan fingerprint density at radius 2 is 1.68 bits per heavy atom. The van der Waals surface area contributed by atoms with Gasteiger partial charge in [0.1, 0.15) is 16.4 Å². The van der Waals surface area contributed by atoms with Gasteiger partial charge in [0.05, 0.1) is 11.5 Å². The van der Waals surface area contributed by atoms with Gasteiger partial charge in [-0.1, -0.05) is 6.92 Å². The van der Waals surface area contributed by atoms with Crippen LogP contribution in [0.15, 0.2) is 18.2 Å². The standard InChI is InChI=1S/C18H27F2NO3S/c1-11(18(5,6)16(22)23)7-15(21-25(24)17(2,3)4)12-8-13(19)10-14(20)9-12/h8-11,15,21H,7H2,1-6H3,(H,22,23)/t11?,15-,25-/m0/s1. The number of carboxylic acids is 1. The molecule has 0 aliphatic carbocycles. The van der Waals surface area contributed by atoms with E-state index >= 15 is 0 Å². The lowest BCUT2D eigenvalue weighted by atomic mass is 9.76. The van der Waals surface area contributed by atoms with E-state index in [0.29, 0.717) is 5.56 Å². The molecule has 0 saturated carbocycles. The number of rotatable bonds is 7. The van der Waals surface area contributed by atoms with Gasteiger partial charge in [0, 0.05) is 17.4 Å². The smallest absolute Gasteiger partial charge is 0.309 e. The first-order valence-electron chi connectivity index (χ1n) is 8.12. The monoisotopic (exact) mass is 375 g/mol. The van der Waals surface area contributed by atoms with Crippen molar-refractivity contribution in [3.8, 4) is 0 Å². The third-order valence-corrected chi connectivity index (χ3v) is 6.08. The third kappa shape index (κ3) is 5.94. The molecule has 1 rings (SSSR count). The Morgan fingerprint density at radius 1 is 1.20 bits per heavy atom. The fourth-order valence-corrected chi connectivity index (χ4v) is 3.04. The number of halogens is 2. The summed E-state index contributed by atoms with van der Waals surface area (Å²) in [7, 11) is 0. The number of benzene rings is 1. The Bertz CT molecular complexity index is 597. The molecule has 0 heterocycles. The van der Waals surface area contributed by atoms with Gasteiger partial charge in [0.25, 0.3) is 0 Å². The van der Waals surface area contributed by atoms with E-state index in [4.69, 9.17) is 0 Å². The fourth-order valence-electron chi connectivity index (χ4n) is 2.19. The summed E-state index contributed by atoms with van der Waals surface area (Å²) in [6, 6.07) is 2.49. The highest BCUT2D eigenvalue weighted by molar-refractivity contribution is 7.90. The van der Waals surface area contributed by atoms with Crippen molar-refractivity contribution >= 4 is 17.3 Å². The molecule has 0 aliphatic heterocycles. The maximum absolute atomic E-state index is 13.6. The van der Waals surface area contributed by atoms with Gasteiger partial charge >= 0.3 is 5.97 Å². The van der Waals surface area contributed by atoms with Crippen LogP contribution < -0.4 is 4.72 Å². The molecule has 0 amide bonds. The van der Waals surface area contributed by atoms with Gasteiger partial charge in [-0.2, -0.15) is 0 Å². The van der Waals surface area contributed by atoms with Crippen LogP contribution in [0, 0.1) is 23.0 Å². The minimum absolute atomic E-state index is 0.268. The minimum atomic E-state index is -1.48. The number of carbonyl (C=O) groups is 1. The predicted molar refractivity (Wildman–Crippen MR) is 95.3 cm³/mol. The molecular weight excluding hydrogens is 348 g/mol. The zero-order valence-corrected chi connectivity index (χ0v) is 16.3. The highest BCUT2D eigenvalue weighted by atomic mass is 32.2. The Kier molecular flexibility index (Phi) is 7.01. The molecule has 142 valence electrons. The number of nitrogens with one attached hydrogen (secondary N) is 1. The quantitative estimate of drug-likeness (QED) is 0.701. The average molecular weight is 375 g/mol. The predicted octanol–water partition coefficient (Wildman–Crippen LogP) is 4.19. The lowest BCUT2D eigenvalue weighted by molar-refractivity contribution is -0.150. The van der Waals surface area contributed by atoms with Crippen LogP contribution in [-0.4, -0.2) is 20.4 Å². The molecule has 0 spiro atoms. The van der Waals surface area contributed by atoms with E-state index in [1.165, 1.54) is 12.1 Å². The molecule has 1 aromatic rings. The first-order valence-corrected chi connectivity index (χ1v) is 9.27. The van der Waals surface area contributed by atoms with Gasteiger partial charge in [0.2, 0.25) is 0 Å². The molecule has 0 aliphatic rings. The summed E-state index contributed by atoms with van der Waals surface area (Å²) in [4.78, 5) is 11.5. The Morgan fingerprint density at radius 3 is 2.08 bits per heavy atom. The van der Waals surface area contributed by atoms with Gasteiger partial charge in [0.15, 0.2) is 0 Å². The number of aliphatic carboxylic acids is 1. The summed E-state index contributed by atoms with van der Waals surface area (Å²) in [5.74, 6) is -2.74. The second-order valence-corrected chi connectivity index (χ2v) is 9.92. The Hall–Kier alpha value is -1.18. The highest BCUT2D eigenvalue weighted by Crippen LogP contribution is 2.35. The molecule has 1 unspecified atom stereocenters. The normalized spacial score (nSPS) is 16.4. The molecule has 0 fully saturated rings. The first-order chi connectivity index (χ1) is 11.2. The lowest BCUT2D eigenvalue weighted by Gasteiger charge is -2.33. The summed E-state index contributed by atoms with van der Waals surface area (Å²) < 4.78 is 42.1. The Balaban J connectivity index is 3.17. The van der Waals surface area contributed by atoms with Crippen molar-refractivity contribution in [3.63, 3.8) is 0 Å². The van der Waals surface area contributed by atoms with E-state index in [1.807, 2.05) is 0 Å². The van der Waals surface area contributed by atoms with Crippen LogP contribution in [-0.2, 0) is 16.2 Å². The van der Waals surface area contributed by atoms with E-state index in [-0.39, 0.29) is 12.3 Å². The molecular formula is C18H27F2NO3S. The van der Waals surface area contributed by atoms with Gasteiger partial charge < -0.3 is 9.66 Å². The molecule has 2 N–H and O–H groups in total. The molecule has 3 atom stereocenters. The minimum Gasteiger partial charge on any atom is -0.598 e. The topological polar surface area (TPSA) is 72.4 Å². The van der Waals surface area contributed by atoms with E-state index in [9.17, 15) is 23.2 Å². The van der Waals surface area contributed by atoms with Gasteiger partial charge in [-0.15, -0.1) is 4.72 Å². The number of hydrogen-bond donors (Lipinski definition) is 2. The van der Waals surface area contributed by atoms with Crippen molar-refractivity contribution in [2.45, 2.75) is 58.8 Å². The third-order valence-electron chi connectivity index (χ3n) is 4.47. The fraction of sp³-hybridized carbons (Fsp3) is 0.611. The van der Waals surface area contributed by atoms with Crippen LogP contribution in [0.25, 0.3) is 0 Å². The van der Waals surface area contributed by atoms with E-state index in [2.05, 4.69) is 4.72 Å². The van der Waals surface area contributed by atoms with Crippen molar-refractivity contribution in [2.24, 2.45) is 11.3 Å². The molecule has 0 saturated heterocycles. The molecule has 0 radical (unpaired) electrons. The van der Waals surface area contributed by atoms with E-state index < -0.39 is 45.2 Å². The number of carboxylic acid groups (broad SMARTS) is 1. The summed E-state index contributed by atoms with van der Waals surface area (Å²) in [6.45, 7) is 10.3. The molecule has 1 aromatic carbocycles. The van der Waals surface area contributed by atoms with Crippen molar-refractivity contribution in [1.29, 1.82) is 0 Å². The van der Waals surface area contributed by atoms with Gasteiger partial charge in [-0.05, 0) is 64.7 Å². The zero-order chi connectivity index (χ0) is 19.6. The molecule has 0 bridgehead atoms. The van der Waals surface area contributed by atoms with Crippen molar-refractivity contribution < 1.29 is 23.2 Å². The largest absolute Gasteiger partial charge is 0.598 e. The number of hydrogen-bond acceptors (Lipinski definition) is 3. The molecule has 4 nitrogen and oxygen atoms in total. The van der Waals surface area contributed by atoms with Crippen LogP contribution >= 0.6 is 0 Å². The summed E-state index contributed by atoms with van der Waals surface area (Å²) in [6.07, 6.45) is 0.268. The van der Waals surface area contributed by atoms with Crippen molar-refractivity contribution in [1.82, 2.24) is 4.72 Å². The summed E-state index contributed by atoms with van der Waals surface area (Å²) >= 11 is -1.48. The van der Waals surface area contributed by atoms with Crippen LogP contribution in [0.4, 0.5) is 8.78 Å². The second kappa shape index (κ2) is 8.01. The van der Waals surface area contributed by atoms with Gasteiger partial charge in [-0.25, -0.2) is 8.78 Å².